The van der Waals surface area contributed by atoms with E-state index in [1.807, 2.05) is 20.8 Å². The first kappa shape index (κ1) is 11.8. The van der Waals surface area contributed by atoms with Gasteiger partial charge < -0.3 is 10.2 Å². The second-order valence-corrected chi connectivity index (χ2v) is 3.31. The lowest BCUT2D eigenvalue weighted by atomic mass is 10.1. The van der Waals surface area contributed by atoms with Crippen LogP contribution >= 0.6 is 0 Å². The standard InChI is InChI=1S/C9H17N3O/c1-5-12(4)9(13)11-8(6-10)7(2)3/h7-8H,5H2,1-4H3,(H,11,13). The van der Waals surface area contributed by atoms with Crippen LogP contribution in [0.1, 0.15) is 20.8 Å². The second kappa shape index (κ2) is 5.41. The van der Waals surface area contributed by atoms with Crippen molar-refractivity contribution in [1.82, 2.24) is 10.2 Å². The predicted molar refractivity (Wildman–Crippen MR) is 51.1 cm³/mol. The van der Waals surface area contributed by atoms with Gasteiger partial charge in [-0.2, -0.15) is 5.26 Å². The number of rotatable bonds is 3. The number of nitrogens with one attached hydrogen (secondary N) is 1. The minimum absolute atomic E-state index is 0.138. The third kappa shape index (κ3) is 3.79. The van der Waals surface area contributed by atoms with Gasteiger partial charge in [0.1, 0.15) is 6.04 Å². The third-order valence-electron chi connectivity index (χ3n) is 1.91. The van der Waals surface area contributed by atoms with Gasteiger partial charge in [-0.1, -0.05) is 13.8 Å². The van der Waals surface area contributed by atoms with Crippen molar-refractivity contribution in [2.75, 3.05) is 13.6 Å². The van der Waals surface area contributed by atoms with E-state index in [1.54, 1.807) is 7.05 Å². The summed E-state index contributed by atoms with van der Waals surface area (Å²) >= 11 is 0. The maximum Gasteiger partial charge on any atom is 0.318 e. The van der Waals surface area contributed by atoms with Gasteiger partial charge in [-0.15, -0.1) is 0 Å². The number of hydrogen-bond acceptors (Lipinski definition) is 2. The molecule has 0 radical (unpaired) electrons. The minimum atomic E-state index is -0.401. The van der Waals surface area contributed by atoms with Crippen LogP contribution in [0.2, 0.25) is 0 Å². The van der Waals surface area contributed by atoms with Gasteiger partial charge in [-0.25, -0.2) is 4.79 Å². The van der Waals surface area contributed by atoms with Gasteiger partial charge in [0.15, 0.2) is 0 Å². The summed E-state index contributed by atoms with van der Waals surface area (Å²) in [6.07, 6.45) is 0. The highest BCUT2D eigenvalue weighted by Crippen LogP contribution is 2.00. The zero-order valence-corrected chi connectivity index (χ0v) is 8.66. The van der Waals surface area contributed by atoms with Crippen LogP contribution in [0, 0.1) is 17.2 Å². The fourth-order valence-corrected chi connectivity index (χ4v) is 0.735. The second-order valence-electron chi connectivity index (χ2n) is 3.31. The summed E-state index contributed by atoms with van der Waals surface area (Å²) in [6, 6.07) is 1.46. The summed E-state index contributed by atoms with van der Waals surface area (Å²) in [5, 5.41) is 11.4. The molecule has 0 heterocycles. The molecule has 0 saturated heterocycles. The minimum Gasteiger partial charge on any atom is -0.328 e. The maximum absolute atomic E-state index is 11.3. The Balaban J connectivity index is 4.11. The number of amides is 2. The molecule has 0 aliphatic carbocycles. The first-order valence-electron chi connectivity index (χ1n) is 4.44. The Bertz CT molecular complexity index is 207. The third-order valence-corrected chi connectivity index (χ3v) is 1.91. The number of nitriles is 1. The Labute approximate surface area is 79.5 Å². The first-order valence-corrected chi connectivity index (χ1v) is 4.44. The average Bonchev–Trinajstić information content (AvgIpc) is 2.11. The summed E-state index contributed by atoms with van der Waals surface area (Å²) in [4.78, 5) is 12.8. The number of carbonyl (C=O) groups is 1. The van der Waals surface area contributed by atoms with Gasteiger partial charge in [-0.3, -0.25) is 0 Å². The number of carbonyl (C=O) groups excluding carboxylic acids is 1. The Morgan fingerprint density at radius 2 is 2.15 bits per heavy atom. The highest BCUT2D eigenvalue weighted by Gasteiger charge is 2.16. The summed E-state index contributed by atoms with van der Waals surface area (Å²) in [6.45, 7) is 6.33. The number of urea groups is 1. The van der Waals surface area contributed by atoms with Crippen molar-refractivity contribution in [2.45, 2.75) is 26.8 Å². The van der Waals surface area contributed by atoms with Crippen LogP contribution in [0.3, 0.4) is 0 Å². The molecule has 4 nitrogen and oxygen atoms in total. The van der Waals surface area contributed by atoms with E-state index in [4.69, 9.17) is 5.26 Å². The van der Waals surface area contributed by atoms with Crippen molar-refractivity contribution in [3.63, 3.8) is 0 Å². The van der Waals surface area contributed by atoms with Crippen LogP contribution in [0.5, 0.6) is 0 Å². The van der Waals surface area contributed by atoms with Crippen molar-refractivity contribution >= 4 is 6.03 Å². The summed E-state index contributed by atoms with van der Waals surface area (Å²) in [5.41, 5.74) is 0. The molecule has 0 aliphatic rings. The molecule has 13 heavy (non-hydrogen) atoms. The monoisotopic (exact) mass is 183 g/mol. The lowest BCUT2D eigenvalue weighted by molar-refractivity contribution is 0.206. The van der Waals surface area contributed by atoms with Gasteiger partial charge in [0.25, 0.3) is 0 Å². The lowest BCUT2D eigenvalue weighted by Crippen LogP contribution is -2.44. The lowest BCUT2D eigenvalue weighted by Gasteiger charge is -2.20. The maximum atomic E-state index is 11.3. The molecule has 1 unspecified atom stereocenters. The van der Waals surface area contributed by atoms with Crippen molar-refractivity contribution in [1.29, 1.82) is 5.26 Å². The molecule has 0 aromatic heterocycles. The molecule has 2 amide bonds. The number of nitrogens with zero attached hydrogens (tertiary/aromatic N) is 2. The normalized spacial score (nSPS) is 12.0. The average molecular weight is 183 g/mol. The van der Waals surface area contributed by atoms with E-state index in [9.17, 15) is 4.79 Å². The predicted octanol–water partition coefficient (Wildman–Crippen LogP) is 1.20. The van der Waals surface area contributed by atoms with Gasteiger partial charge in [0, 0.05) is 13.6 Å². The van der Waals surface area contributed by atoms with Crippen molar-refractivity contribution < 1.29 is 4.79 Å². The van der Waals surface area contributed by atoms with Gasteiger partial charge in [-0.05, 0) is 12.8 Å². The molecule has 1 atom stereocenters. The zero-order valence-electron chi connectivity index (χ0n) is 8.66. The molecule has 1 N–H and O–H groups in total. The summed E-state index contributed by atoms with van der Waals surface area (Å²) in [5.74, 6) is 0.138. The highest BCUT2D eigenvalue weighted by atomic mass is 16.2. The molecular weight excluding hydrogens is 166 g/mol. The molecule has 0 aliphatic heterocycles. The SMILES string of the molecule is CCN(C)C(=O)NC(C#N)C(C)C. The van der Waals surface area contributed by atoms with E-state index in [1.165, 1.54) is 4.90 Å². The van der Waals surface area contributed by atoms with Crippen LogP contribution in [0.25, 0.3) is 0 Å². The first-order chi connectivity index (χ1) is 6.02. The van der Waals surface area contributed by atoms with E-state index >= 15 is 0 Å². The van der Waals surface area contributed by atoms with Crippen molar-refractivity contribution in [2.24, 2.45) is 5.92 Å². The molecule has 0 aromatic rings. The van der Waals surface area contributed by atoms with Crippen LogP contribution in [0.15, 0.2) is 0 Å². The topological polar surface area (TPSA) is 56.1 Å². The van der Waals surface area contributed by atoms with Crippen molar-refractivity contribution in [3.05, 3.63) is 0 Å². The summed E-state index contributed by atoms with van der Waals surface area (Å²) < 4.78 is 0. The summed E-state index contributed by atoms with van der Waals surface area (Å²) in [7, 11) is 1.70. The zero-order chi connectivity index (χ0) is 10.4. The fraction of sp³-hybridized carbons (Fsp3) is 0.778. The van der Waals surface area contributed by atoms with Gasteiger partial charge >= 0.3 is 6.03 Å². The Morgan fingerprint density at radius 1 is 1.62 bits per heavy atom. The highest BCUT2D eigenvalue weighted by molar-refractivity contribution is 5.74. The van der Waals surface area contributed by atoms with E-state index in [2.05, 4.69) is 11.4 Å². The Hall–Kier alpha value is -1.24. The van der Waals surface area contributed by atoms with E-state index < -0.39 is 6.04 Å². The molecule has 4 heteroatoms. The van der Waals surface area contributed by atoms with Crippen LogP contribution in [0.4, 0.5) is 4.79 Å². The van der Waals surface area contributed by atoms with E-state index in [0.29, 0.717) is 6.54 Å². The van der Waals surface area contributed by atoms with E-state index in [0.717, 1.165) is 0 Å². The van der Waals surface area contributed by atoms with E-state index in [-0.39, 0.29) is 11.9 Å². The molecule has 74 valence electrons. The van der Waals surface area contributed by atoms with Crippen molar-refractivity contribution in [3.8, 4) is 6.07 Å². The smallest absolute Gasteiger partial charge is 0.318 e. The Kier molecular flexibility index (Phi) is 4.90. The molecule has 0 fully saturated rings. The molecular formula is C9H17N3O. The number of hydrogen-bond donors (Lipinski definition) is 1. The molecule has 0 saturated carbocycles. The van der Waals surface area contributed by atoms with Gasteiger partial charge in [0.05, 0.1) is 6.07 Å². The van der Waals surface area contributed by atoms with Gasteiger partial charge in [0.2, 0.25) is 0 Å². The molecule has 0 spiro atoms. The van der Waals surface area contributed by atoms with Crippen LogP contribution in [-0.2, 0) is 0 Å². The van der Waals surface area contributed by atoms with Crippen LogP contribution in [-0.4, -0.2) is 30.6 Å². The molecule has 0 aromatic carbocycles. The fourth-order valence-electron chi connectivity index (χ4n) is 0.735. The molecule has 0 bridgehead atoms. The quantitative estimate of drug-likeness (QED) is 0.714. The Morgan fingerprint density at radius 3 is 2.46 bits per heavy atom. The molecule has 0 rings (SSSR count). The van der Waals surface area contributed by atoms with Crippen LogP contribution < -0.4 is 5.32 Å². The largest absolute Gasteiger partial charge is 0.328 e.